The summed E-state index contributed by atoms with van der Waals surface area (Å²) < 4.78 is 13.6. The van der Waals surface area contributed by atoms with Gasteiger partial charge in [-0.2, -0.15) is 0 Å². The van der Waals surface area contributed by atoms with Crippen molar-refractivity contribution in [3.63, 3.8) is 0 Å². The van der Waals surface area contributed by atoms with Crippen LogP contribution in [-0.4, -0.2) is 34.5 Å². The van der Waals surface area contributed by atoms with Crippen LogP contribution in [0.1, 0.15) is 23.0 Å². The van der Waals surface area contributed by atoms with Gasteiger partial charge in [0.1, 0.15) is 17.0 Å². The van der Waals surface area contributed by atoms with Crippen LogP contribution in [0.5, 0.6) is 5.75 Å². The lowest BCUT2D eigenvalue weighted by Gasteiger charge is -2.10. The van der Waals surface area contributed by atoms with E-state index >= 15 is 0 Å². The van der Waals surface area contributed by atoms with Crippen LogP contribution in [0.3, 0.4) is 0 Å². The van der Waals surface area contributed by atoms with Gasteiger partial charge in [-0.3, -0.25) is 14.3 Å². The maximum Gasteiger partial charge on any atom is 0.342 e. The van der Waals surface area contributed by atoms with Crippen molar-refractivity contribution in [2.75, 3.05) is 18.5 Å². The van der Waals surface area contributed by atoms with Crippen molar-refractivity contribution < 1.29 is 19.1 Å². The lowest BCUT2D eigenvalue weighted by atomic mass is 10.2. The van der Waals surface area contributed by atoms with Crippen molar-refractivity contribution in [3.05, 3.63) is 76.2 Å². The normalized spacial score (nSPS) is 10.5. The van der Waals surface area contributed by atoms with E-state index in [0.717, 1.165) is 0 Å². The number of ether oxygens (including phenoxy) is 2. The van der Waals surface area contributed by atoms with Crippen molar-refractivity contribution in [2.45, 2.75) is 13.8 Å². The molecule has 0 atom stereocenters. The predicted octanol–water partition coefficient (Wildman–Crippen LogP) is 2.68. The van der Waals surface area contributed by atoms with E-state index in [0.29, 0.717) is 23.7 Å². The van der Waals surface area contributed by atoms with Crippen LogP contribution >= 0.6 is 0 Å². The van der Waals surface area contributed by atoms with Crippen LogP contribution < -0.4 is 15.6 Å². The highest BCUT2D eigenvalue weighted by Crippen LogP contribution is 2.19. The zero-order valence-corrected chi connectivity index (χ0v) is 17.0. The van der Waals surface area contributed by atoms with E-state index in [9.17, 15) is 14.4 Å². The Kier molecular flexibility index (Phi) is 6.36. The number of anilines is 1. The molecule has 0 aliphatic rings. The molecule has 0 spiro atoms. The molecule has 1 aromatic heterocycles. The molecule has 0 saturated heterocycles. The highest BCUT2D eigenvalue weighted by molar-refractivity contribution is 5.97. The third-order valence-corrected chi connectivity index (χ3v) is 4.56. The van der Waals surface area contributed by atoms with Crippen molar-refractivity contribution in [1.82, 2.24) is 9.36 Å². The van der Waals surface area contributed by atoms with Gasteiger partial charge in [0.2, 0.25) is 0 Å². The van der Waals surface area contributed by atoms with Gasteiger partial charge in [-0.05, 0) is 38.1 Å². The van der Waals surface area contributed by atoms with Crippen molar-refractivity contribution in [2.24, 2.45) is 7.05 Å². The minimum atomic E-state index is -0.680. The number of aromatic nitrogens is 2. The number of benzene rings is 2. The van der Waals surface area contributed by atoms with Gasteiger partial charge in [-0.15, -0.1) is 0 Å². The number of rotatable bonds is 7. The fraction of sp³-hybridized carbons (Fsp3) is 0.227. The van der Waals surface area contributed by atoms with Crippen LogP contribution in [-0.2, 0) is 16.6 Å². The van der Waals surface area contributed by atoms with E-state index in [1.165, 1.54) is 4.68 Å². The third kappa shape index (κ3) is 4.27. The number of carbonyl (C=O) groups is 2. The number of hydrogen-bond acceptors (Lipinski definition) is 5. The fourth-order valence-electron chi connectivity index (χ4n) is 3.01. The number of para-hydroxylation sites is 2. The van der Waals surface area contributed by atoms with Crippen molar-refractivity contribution in [3.8, 4) is 11.4 Å². The molecule has 3 aromatic rings. The van der Waals surface area contributed by atoms with Crippen LogP contribution in [0, 0.1) is 6.92 Å². The van der Waals surface area contributed by atoms with Crippen molar-refractivity contribution in [1.29, 1.82) is 0 Å². The fourth-order valence-corrected chi connectivity index (χ4v) is 3.01. The summed E-state index contributed by atoms with van der Waals surface area (Å²) in [5.74, 6) is -0.904. The monoisotopic (exact) mass is 409 g/mol. The van der Waals surface area contributed by atoms with Gasteiger partial charge < -0.3 is 14.8 Å². The summed E-state index contributed by atoms with van der Waals surface area (Å²) in [7, 11) is 1.73. The smallest absolute Gasteiger partial charge is 0.342 e. The second kappa shape index (κ2) is 9.13. The topological polar surface area (TPSA) is 91.6 Å². The minimum Gasteiger partial charge on any atom is -0.493 e. The molecule has 1 N–H and O–H groups in total. The molecule has 8 nitrogen and oxygen atoms in total. The van der Waals surface area contributed by atoms with Crippen LogP contribution in [0.15, 0.2) is 59.4 Å². The quantitative estimate of drug-likeness (QED) is 0.606. The molecule has 1 amide bonds. The largest absolute Gasteiger partial charge is 0.493 e. The summed E-state index contributed by atoms with van der Waals surface area (Å²) in [5, 5.41) is 2.55. The summed E-state index contributed by atoms with van der Waals surface area (Å²) in [6.07, 6.45) is 0. The van der Waals surface area contributed by atoms with Crippen molar-refractivity contribution >= 4 is 17.6 Å². The van der Waals surface area contributed by atoms with E-state index in [2.05, 4.69) is 5.32 Å². The van der Waals surface area contributed by atoms with Gasteiger partial charge in [0.25, 0.3) is 11.5 Å². The first-order valence-electron chi connectivity index (χ1n) is 9.46. The molecular weight excluding hydrogens is 386 g/mol. The lowest BCUT2D eigenvalue weighted by molar-refractivity contribution is -0.119. The van der Waals surface area contributed by atoms with E-state index in [1.54, 1.807) is 62.0 Å². The minimum absolute atomic E-state index is 0.136. The first kappa shape index (κ1) is 20.9. The van der Waals surface area contributed by atoms with Crippen LogP contribution in [0.2, 0.25) is 0 Å². The molecule has 2 aromatic carbocycles. The average Bonchev–Trinajstić information content (AvgIpc) is 2.96. The first-order chi connectivity index (χ1) is 14.4. The maximum absolute atomic E-state index is 12.8. The third-order valence-electron chi connectivity index (χ3n) is 4.56. The zero-order chi connectivity index (χ0) is 21.7. The Labute approximate surface area is 173 Å². The molecule has 8 heteroatoms. The summed E-state index contributed by atoms with van der Waals surface area (Å²) in [4.78, 5) is 37.5. The number of nitrogens with zero attached hydrogens (tertiary/aromatic N) is 2. The molecule has 3 rings (SSSR count). The second-order valence-corrected chi connectivity index (χ2v) is 6.49. The number of amides is 1. The predicted molar refractivity (Wildman–Crippen MR) is 112 cm³/mol. The lowest BCUT2D eigenvalue weighted by Crippen LogP contribution is -2.26. The number of carbonyl (C=O) groups excluding carboxylic acids is 2. The van der Waals surface area contributed by atoms with Crippen LogP contribution in [0.4, 0.5) is 5.69 Å². The van der Waals surface area contributed by atoms with Gasteiger partial charge >= 0.3 is 5.97 Å². The summed E-state index contributed by atoms with van der Waals surface area (Å²) in [5.41, 5.74) is 1.24. The number of esters is 1. The molecule has 0 aliphatic carbocycles. The molecule has 0 unspecified atom stereocenters. The number of nitrogens with one attached hydrogen (secondary N) is 1. The molecule has 1 heterocycles. The molecule has 0 saturated carbocycles. The van der Waals surface area contributed by atoms with Gasteiger partial charge in [0.05, 0.1) is 18.0 Å². The Hall–Kier alpha value is -3.81. The summed E-state index contributed by atoms with van der Waals surface area (Å²) in [6, 6.07) is 15.7. The molecule has 0 bridgehead atoms. The first-order valence-corrected chi connectivity index (χ1v) is 9.46. The van der Waals surface area contributed by atoms with Gasteiger partial charge in [-0.25, -0.2) is 9.48 Å². The van der Waals surface area contributed by atoms with E-state index in [4.69, 9.17) is 9.47 Å². The maximum atomic E-state index is 12.8. The molecular formula is C22H23N3O5. The molecule has 0 fully saturated rings. The highest BCUT2D eigenvalue weighted by atomic mass is 16.5. The number of hydrogen-bond donors (Lipinski definition) is 1. The van der Waals surface area contributed by atoms with E-state index < -0.39 is 18.5 Å². The standard InChI is InChI=1S/C22H23N3O5/c1-4-29-18-13-9-8-12-17(18)22(28)30-14-19(26)23-20-15(2)24(3)25(21(20)27)16-10-6-5-7-11-16/h5-13H,4,14H2,1-3H3,(H,23,26). The average molecular weight is 409 g/mol. The highest BCUT2D eigenvalue weighted by Gasteiger charge is 2.20. The van der Waals surface area contributed by atoms with Gasteiger partial charge in [0, 0.05) is 7.05 Å². The summed E-state index contributed by atoms with van der Waals surface area (Å²) >= 11 is 0. The Morgan fingerprint density at radius 1 is 1.03 bits per heavy atom. The Morgan fingerprint density at radius 3 is 2.40 bits per heavy atom. The van der Waals surface area contributed by atoms with E-state index in [-0.39, 0.29) is 16.8 Å². The SMILES string of the molecule is CCOc1ccccc1C(=O)OCC(=O)Nc1c(C)n(C)n(-c2ccccc2)c1=O. The molecule has 0 radical (unpaired) electrons. The molecule has 0 aliphatic heterocycles. The Balaban J connectivity index is 1.72. The summed E-state index contributed by atoms with van der Waals surface area (Å²) in [6.45, 7) is 3.39. The van der Waals surface area contributed by atoms with Gasteiger partial charge in [-0.1, -0.05) is 30.3 Å². The molecule has 156 valence electrons. The van der Waals surface area contributed by atoms with E-state index in [1.807, 2.05) is 18.2 Å². The van der Waals surface area contributed by atoms with Crippen LogP contribution in [0.25, 0.3) is 5.69 Å². The zero-order valence-electron chi connectivity index (χ0n) is 17.0. The second-order valence-electron chi connectivity index (χ2n) is 6.49. The van der Waals surface area contributed by atoms with Gasteiger partial charge in [0.15, 0.2) is 6.61 Å². The molecule has 30 heavy (non-hydrogen) atoms. The Bertz CT molecular complexity index is 1120. The Morgan fingerprint density at radius 2 is 1.70 bits per heavy atom.